The molecule has 0 saturated carbocycles. The number of nitrogens with zero attached hydrogens (tertiary/aromatic N) is 1. The Bertz CT molecular complexity index is 886. The minimum absolute atomic E-state index is 0.0173. The summed E-state index contributed by atoms with van der Waals surface area (Å²) < 4.78 is 6.04. The highest BCUT2D eigenvalue weighted by Crippen LogP contribution is 2.23. The molecule has 0 unspecified atom stereocenters. The average Bonchev–Trinajstić information content (AvgIpc) is 3.03. The molecule has 1 N–H and O–H groups in total. The zero-order valence-corrected chi connectivity index (χ0v) is 18.2. The maximum atomic E-state index is 13.1. The molecule has 1 saturated heterocycles. The molecule has 30 heavy (non-hydrogen) atoms. The van der Waals surface area contributed by atoms with Crippen LogP contribution in [-0.4, -0.2) is 35.9 Å². The lowest BCUT2D eigenvalue weighted by Gasteiger charge is -2.23. The number of hydrogen-bond donors (Lipinski definition) is 1. The Hall–Kier alpha value is -2.82. The summed E-state index contributed by atoms with van der Waals surface area (Å²) in [6, 6.07) is 13.2. The largest absolute Gasteiger partial charge is 0.480 e. The molecule has 160 valence electrons. The molecular formula is C25H32N2O3. The fourth-order valence-corrected chi connectivity index (χ4v) is 3.75. The first kappa shape index (κ1) is 21.9. The third-order valence-corrected chi connectivity index (χ3v) is 5.58. The summed E-state index contributed by atoms with van der Waals surface area (Å²) in [5.41, 5.74) is 3.15. The van der Waals surface area contributed by atoms with Crippen LogP contribution in [-0.2, 0) is 4.79 Å². The highest BCUT2D eigenvalue weighted by Gasteiger charge is 2.24. The predicted molar refractivity (Wildman–Crippen MR) is 120 cm³/mol. The Morgan fingerprint density at radius 1 is 1.03 bits per heavy atom. The van der Waals surface area contributed by atoms with Crippen LogP contribution in [0.1, 0.15) is 60.5 Å². The van der Waals surface area contributed by atoms with Gasteiger partial charge in [-0.05, 0) is 62.4 Å². The van der Waals surface area contributed by atoms with Crippen molar-refractivity contribution in [3.8, 4) is 5.75 Å². The maximum Gasteiger partial charge on any atom is 0.265 e. The number of nitrogens with one attached hydrogen (secondary N) is 1. The zero-order chi connectivity index (χ0) is 21.5. The minimum atomic E-state index is -0.633. The van der Waals surface area contributed by atoms with Crippen LogP contribution < -0.4 is 10.1 Å². The van der Waals surface area contributed by atoms with Gasteiger partial charge < -0.3 is 15.0 Å². The van der Waals surface area contributed by atoms with Gasteiger partial charge in [0.25, 0.3) is 11.8 Å². The number of aryl methyl sites for hydroxylation is 2. The van der Waals surface area contributed by atoms with Crippen LogP contribution in [0, 0.1) is 13.8 Å². The molecular weight excluding hydrogens is 376 g/mol. The van der Waals surface area contributed by atoms with Gasteiger partial charge in [-0.1, -0.05) is 44.0 Å². The average molecular weight is 409 g/mol. The summed E-state index contributed by atoms with van der Waals surface area (Å²) in [6.45, 7) is 7.43. The second-order valence-corrected chi connectivity index (χ2v) is 8.02. The maximum absolute atomic E-state index is 13.1. The second-order valence-electron chi connectivity index (χ2n) is 8.02. The number of rotatable bonds is 6. The minimum Gasteiger partial charge on any atom is -0.480 e. The summed E-state index contributed by atoms with van der Waals surface area (Å²) >= 11 is 0. The van der Waals surface area contributed by atoms with Crippen molar-refractivity contribution in [2.45, 2.75) is 59.0 Å². The molecule has 2 aromatic carbocycles. The van der Waals surface area contributed by atoms with Crippen LogP contribution in [0.25, 0.3) is 0 Å². The SMILES string of the molecule is CC[C@H](Oc1cc(C)ccc1C)C(=O)Nc1ccccc1C(=O)N1CCCCCC1. The number of carbonyl (C=O) groups excluding carboxylic acids is 2. The topological polar surface area (TPSA) is 58.6 Å². The van der Waals surface area contributed by atoms with Gasteiger partial charge in [0.15, 0.2) is 6.10 Å². The van der Waals surface area contributed by atoms with Crippen molar-refractivity contribution in [1.29, 1.82) is 0 Å². The van der Waals surface area contributed by atoms with Crippen molar-refractivity contribution in [3.63, 3.8) is 0 Å². The van der Waals surface area contributed by atoms with Crippen LogP contribution >= 0.6 is 0 Å². The summed E-state index contributed by atoms with van der Waals surface area (Å²) in [5.74, 6) is 0.455. The number of likely N-dealkylation sites (tertiary alicyclic amines) is 1. The van der Waals surface area contributed by atoms with Gasteiger partial charge in [0.05, 0.1) is 11.3 Å². The van der Waals surface area contributed by atoms with E-state index < -0.39 is 6.10 Å². The molecule has 0 spiro atoms. The van der Waals surface area contributed by atoms with Gasteiger partial charge in [-0.15, -0.1) is 0 Å². The van der Waals surface area contributed by atoms with Crippen molar-refractivity contribution < 1.29 is 14.3 Å². The van der Waals surface area contributed by atoms with Crippen LogP contribution in [0.4, 0.5) is 5.69 Å². The Morgan fingerprint density at radius 2 is 1.73 bits per heavy atom. The standard InChI is InChI=1S/C25H32N2O3/c1-4-22(30-23-17-18(2)13-14-19(23)3)24(28)26-21-12-8-7-11-20(21)25(29)27-15-9-5-6-10-16-27/h7-8,11-14,17,22H,4-6,9-10,15-16H2,1-3H3,(H,26,28)/t22-/m0/s1. The molecule has 0 bridgehead atoms. The van der Waals surface area contributed by atoms with Crippen LogP contribution in [0.15, 0.2) is 42.5 Å². The van der Waals surface area contributed by atoms with Crippen molar-refractivity contribution in [2.24, 2.45) is 0 Å². The van der Waals surface area contributed by atoms with Gasteiger partial charge >= 0.3 is 0 Å². The van der Waals surface area contributed by atoms with Crippen molar-refractivity contribution in [3.05, 3.63) is 59.2 Å². The normalized spacial score (nSPS) is 15.2. The van der Waals surface area contributed by atoms with Crippen molar-refractivity contribution in [2.75, 3.05) is 18.4 Å². The number of anilines is 1. The fraction of sp³-hybridized carbons (Fsp3) is 0.440. The zero-order valence-electron chi connectivity index (χ0n) is 18.2. The number of benzene rings is 2. The Morgan fingerprint density at radius 3 is 2.43 bits per heavy atom. The quantitative estimate of drug-likeness (QED) is 0.722. The summed E-state index contributed by atoms with van der Waals surface area (Å²) in [7, 11) is 0. The molecule has 0 aromatic heterocycles. The number of para-hydroxylation sites is 1. The molecule has 1 atom stereocenters. The van der Waals surface area contributed by atoms with E-state index in [0.717, 1.165) is 49.9 Å². The molecule has 5 heteroatoms. The van der Waals surface area contributed by atoms with E-state index in [9.17, 15) is 9.59 Å². The highest BCUT2D eigenvalue weighted by atomic mass is 16.5. The van der Waals surface area contributed by atoms with Gasteiger partial charge in [0, 0.05) is 13.1 Å². The van der Waals surface area contributed by atoms with Gasteiger partial charge in [0.2, 0.25) is 0 Å². The molecule has 0 radical (unpaired) electrons. The Kier molecular flexibility index (Phi) is 7.50. The number of carbonyl (C=O) groups is 2. The van der Waals surface area contributed by atoms with Gasteiger partial charge in [0.1, 0.15) is 5.75 Å². The molecule has 1 aliphatic heterocycles. The first-order chi connectivity index (χ1) is 14.5. The first-order valence-electron chi connectivity index (χ1n) is 10.9. The third kappa shape index (κ3) is 5.41. The summed E-state index contributed by atoms with van der Waals surface area (Å²) in [4.78, 5) is 28.0. The van der Waals surface area contributed by atoms with E-state index in [-0.39, 0.29) is 11.8 Å². The van der Waals surface area contributed by atoms with Gasteiger partial charge in [-0.25, -0.2) is 0 Å². The fourth-order valence-electron chi connectivity index (χ4n) is 3.75. The van der Waals surface area contributed by atoms with E-state index in [1.807, 2.05) is 56.0 Å². The van der Waals surface area contributed by atoms with E-state index in [1.54, 1.807) is 12.1 Å². The lowest BCUT2D eigenvalue weighted by molar-refractivity contribution is -0.122. The van der Waals surface area contributed by atoms with E-state index in [0.29, 0.717) is 23.4 Å². The smallest absolute Gasteiger partial charge is 0.265 e. The van der Waals surface area contributed by atoms with Crippen LogP contribution in [0.3, 0.4) is 0 Å². The number of hydrogen-bond acceptors (Lipinski definition) is 3. The van der Waals surface area contributed by atoms with E-state index in [2.05, 4.69) is 5.32 Å². The van der Waals surface area contributed by atoms with Crippen molar-refractivity contribution >= 4 is 17.5 Å². The predicted octanol–water partition coefficient (Wildman–Crippen LogP) is 5.12. The third-order valence-electron chi connectivity index (χ3n) is 5.58. The molecule has 5 nitrogen and oxygen atoms in total. The molecule has 1 heterocycles. The molecule has 3 rings (SSSR count). The lowest BCUT2D eigenvalue weighted by Crippen LogP contribution is -2.35. The van der Waals surface area contributed by atoms with Gasteiger partial charge in [-0.2, -0.15) is 0 Å². The van der Waals surface area contributed by atoms with Crippen molar-refractivity contribution in [1.82, 2.24) is 4.90 Å². The second kappa shape index (κ2) is 10.3. The van der Waals surface area contributed by atoms with E-state index >= 15 is 0 Å². The number of ether oxygens (including phenoxy) is 1. The summed E-state index contributed by atoms with van der Waals surface area (Å²) in [6.07, 6.45) is 4.28. The Labute approximate surface area is 179 Å². The summed E-state index contributed by atoms with van der Waals surface area (Å²) in [5, 5.41) is 2.94. The van der Waals surface area contributed by atoms with Crippen LogP contribution in [0.2, 0.25) is 0 Å². The van der Waals surface area contributed by atoms with E-state index in [1.165, 1.54) is 0 Å². The molecule has 1 aliphatic rings. The molecule has 2 aromatic rings. The lowest BCUT2D eigenvalue weighted by atomic mass is 10.1. The molecule has 2 amide bonds. The van der Waals surface area contributed by atoms with Gasteiger partial charge in [-0.3, -0.25) is 9.59 Å². The van der Waals surface area contributed by atoms with E-state index in [4.69, 9.17) is 4.74 Å². The number of amides is 2. The molecule has 0 aliphatic carbocycles. The molecule has 1 fully saturated rings. The van der Waals surface area contributed by atoms with Crippen LogP contribution in [0.5, 0.6) is 5.75 Å². The first-order valence-corrected chi connectivity index (χ1v) is 10.9. The monoisotopic (exact) mass is 408 g/mol. The highest BCUT2D eigenvalue weighted by molar-refractivity contribution is 6.04. The Balaban J connectivity index is 1.75.